The van der Waals surface area contributed by atoms with E-state index in [2.05, 4.69) is 20.9 Å². The first kappa shape index (κ1) is 32.3. The van der Waals surface area contributed by atoms with Gasteiger partial charge in [0.1, 0.15) is 0 Å². The quantitative estimate of drug-likeness (QED) is 0.511. The van der Waals surface area contributed by atoms with Gasteiger partial charge < -0.3 is 24.4 Å². The maximum atomic E-state index is 10.6. The number of hydrogen-bond acceptors (Lipinski definition) is 8. The summed E-state index contributed by atoms with van der Waals surface area (Å²) in [5, 5.41) is 14.2. The molecule has 10 nitrogen and oxygen atoms in total. The third-order valence-corrected chi connectivity index (χ3v) is 5.23. The number of aliphatic carboxylic acids is 2. The van der Waals surface area contributed by atoms with Crippen molar-refractivity contribution in [2.24, 2.45) is 0 Å². The fourth-order valence-corrected chi connectivity index (χ4v) is 3.53. The van der Waals surface area contributed by atoms with Gasteiger partial charge >= 0.3 is 24.3 Å². The molecule has 0 aromatic carbocycles. The van der Waals surface area contributed by atoms with Crippen LogP contribution in [0.5, 0.6) is 5.88 Å². The van der Waals surface area contributed by atoms with Gasteiger partial charge in [-0.15, -0.1) is 0 Å². The summed E-state index contributed by atoms with van der Waals surface area (Å²) in [6.07, 6.45) is -8.73. The highest BCUT2D eigenvalue weighted by atomic mass is 19.4. The molecule has 1 aromatic heterocycles. The fraction of sp³-hybridized carbons (Fsp3) is 0.667. The first-order chi connectivity index (χ1) is 17.2. The van der Waals surface area contributed by atoms with Crippen molar-refractivity contribution in [3.05, 3.63) is 23.9 Å². The number of carbonyl (C=O) groups is 2. The van der Waals surface area contributed by atoms with E-state index in [4.69, 9.17) is 34.0 Å². The average Bonchev–Trinajstić information content (AvgIpc) is 2.82. The lowest BCUT2D eigenvalue weighted by Crippen LogP contribution is -2.60. The molecule has 212 valence electrons. The molecule has 2 fully saturated rings. The fourth-order valence-electron chi connectivity index (χ4n) is 3.53. The molecular formula is C21H29F6N3O7. The molecule has 3 heterocycles. The number of carboxylic acids is 2. The predicted octanol–water partition coefficient (Wildman–Crippen LogP) is 2.28. The molecule has 2 saturated heterocycles. The van der Waals surface area contributed by atoms with Crippen LogP contribution in [0.2, 0.25) is 0 Å². The van der Waals surface area contributed by atoms with Crippen molar-refractivity contribution >= 4 is 11.9 Å². The number of piperidine rings is 1. The Balaban J connectivity index is 0.000000404. The van der Waals surface area contributed by atoms with Crippen LogP contribution in [0, 0.1) is 0 Å². The van der Waals surface area contributed by atoms with Crippen LogP contribution in [0.15, 0.2) is 18.2 Å². The van der Waals surface area contributed by atoms with E-state index in [1.165, 1.54) is 0 Å². The Kier molecular flexibility index (Phi) is 13.0. The third-order valence-electron chi connectivity index (χ3n) is 5.23. The molecule has 0 bridgehead atoms. The number of aromatic nitrogens is 1. The summed E-state index contributed by atoms with van der Waals surface area (Å²) < 4.78 is 79.9. The van der Waals surface area contributed by atoms with Gasteiger partial charge in [-0.25, -0.2) is 14.6 Å². The standard InChI is InChI=1S/C17H27N3O3.2C2HF3O2/c1-21-10-8-20-9-11-23-16-6-7-19(13-15(16)20)12-14-4-3-5-17(18-14)22-2;2*3-2(4,5)1(6)7/h3-5,15-16H,6-13H2,1-2H3;2*(H,6,7)/t15-,16-;;/m0../s1. The highest BCUT2D eigenvalue weighted by molar-refractivity contribution is 5.73. The number of methoxy groups -OCH3 is 2. The molecule has 16 heteroatoms. The molecule has 0 amide bonds. The molecule has 2 aliphatic rings. The Morgan fingerprint density at radius 3 is 2.19 bits per heavy atom. The summed E-state index contributed by atoms with van der Waals surface area (Å²) in [6.45, 7) is 6.52. The van der Waals surface area contributed by atoms with E-state index in [1.807, 2.05) is 12.1 Å². The van der Waals surface area contributed by atoms with Gasteiger partial charge in [-0.1, -0.05) is 6.07 Å². The molecule has 0 spiro atoms. The zero-order valence-electron chi connectivity index (χ0n) is 20.1. The summed E-state index contributed by atoms with van der Waals surface area (Å²) in [5.41, 5.74) is 1.06. The molecule has 37 heavy (non-hydrogen) atoms. The minimum Gasteiger partial charge on any atom is -0.481 e. The van der Waals surface area contributed by atoms with Crippen molar-refractivity contribution in [1.29, 1.82) is 0 Å². The number of halogens is 6. The van der Waals surface area contributed by atoms with E-state index >= 15 is 0 Å². The van der Waals surface area contributed by atoms with Crippen molar-refractivity contribution in [1.82, 2.24) is 14.8 Å². The zero-order chi connectivity index (χ0) is 28.2. The number of fused-ring (bicyclic) bond motifs is 1. The highest BCUT2D eigenvalue weighted by Crippen LogP contribution is 2.24. The number of hydrogen-bond donors (Lipinski definition) is 2. The number of morpholine rings is 1. The number of alkyl halides is 6. The lowest BCUT2D eigenvalue weighted by Gasteiger charge is -2.47. The molecular weight excluding hydrogens is 520 g/mol. The van der Waals surface area contributed by atoms with E-state index in [1.54, 1.807) is 14.2 Å². The first-order valence-electron chi connectivity index (χ1n) is 10.9. The molecule has 0 unspecified atom stereocenters. The van der Waals surface area contributed by atoms with Crippen molar-refractivity contribution in [2.45, 2.75) is 37.5 Å². The van der Waals surface area contributed by atoms with Crippen LogP contribution in [-0.2, 0) is 25.6 Å². The Morgan fingerprint density at radius 1 is 1.08 bits per heavy atom. The molecule has 2 atom stereocenters. The van der Waals surface area contributed by atoms with Crippen molar-refractivity contribution in [3.8, 4) is 5.88 Å². The largest absolute Gasteiger partial charge is 0.490 e. The lowest BCUT2D eigenvalue weighted by molar-refractivity contribution is -0.193. The van der Waals surface area contributed by atoms with Crippen molar-refractivity contribution < 1.29 is 60.4 Å². The molecule has 2 N–H and O–H groups in total. The van der Waals surface area contributed by atoms with Crippen molar-refractivity contribution in [3.63, 3.8) is 0 Å². The summed E-state index contributed by atoms with van der Waals surface area (Å²) in [6, 6.07) is 6.41. The topological polar surface area (TPSA) is 122 Å². The Morgan fingerprint density at radius 2 is 1.68 bits per heavy atom. The predicted molar refractivity (Wildman–Crippen MR) is 115 cm³/mol. The van der Waals surface area contributed by atoms with E-state index in [-0.39, 0.29) is 0 Å². The average molecular weight is 549 g/mol. The second kappa shape index (κ2) is 14.9. The molecule has 0 radical (unpaired) electrons. The zero-order valence-corrected chi connectivity index (χ0v) is 20.1. The SMILES string of the molecule is COCCN1CCO[C@H]2CCN(Cc3cccc(OC)n3)C[C@@H]21.O=C(O)C(F)(F)F.O=C(O)C(F)(F)F. The van der Waals surface area contributed by atoms with Crippen LogP contribution in [0.3, 0.4) is 0 Å². The maximum absolute atomic E-state index is 10.6. The summed E-state index contributed by atoms with van der Waals surface area (Å²) in [4.78, 5) is 27.3. The van der Waals surface area contributed by atoms with E-state index < -0.39 is 24.3 Å². The second-order valence-electron chi connectivity index (χ2n) is 7.81. The highest BCUT2D eigenvalue weighted by Gasteiger charge is 2.39. The summed E-state index contributed by atoms with van der Waals surface area (Å²) >= 11 is 0. The molecule has 0 aliphatic carbocycles. The van der Waals surface area contributed by atoms with Gasteiger partial charge in [-0.3, -0.25) is 9.80 Å². The smallest absolute Gasteiger partial charge is 0.481 e. The van der Waals surface area contributed by atoms with Gasteiger partial charge in [-0.2, -0.15) is 26.3 Å². The minimum absolute atomic E-state index is 0.357. The van der Waals surface area contributed by atoms with E-state index in [0.29, 0.717) is 18.0 Å². The van der Waals surface area contributed by atoms with Gasteiger partial charge in [0.2, 0.25) is 5.88 Å². The first-order valence-corrected chi connectivity index (χ1v) is 10.9. The maximum Gasteiger partial charge on any atom is 0.490 e. The number of ether oxygens (including phenoxy) is 3. The van der Waals surface area contributed by atoms with Crippen LogP contribution in [0.25, 0.3) is 0 Å². The van der Waals surface area contributed by atoms with Crippen LogP contribution in [0.4, 0.5) is 26.3 Å². The van der Waals surface area contributed by atoms with Crippen LogP contribution in [0.1, 0.15) is 12.1 Å². The van der Waals surface area contributed by atoms with Gasteiger partial charge in [0.05, 0.1) is 32.1 Å². The molecule has 2 aliphatic heterocycles. The molecule has 0 saturated carbocycles. The van der Waals surface area contributed by atoms with Gasteiger partial charge in [0.15, 0.2) is 0 Å². The minimum atomic E-state index is -5.08. The van der Waals surface area contributed by atoms with Crippen molar-refractivity contribution in [2.75, 3.05) is 53.6 Å². The number of rotatable bonds is 6. The van der Waals surface area contributed by atoms with Crippen LogP contribution < -0.4 is 4.74 Å². The summed E-state index contributed by atoms with van der Waals surface area (Å²) in [5.74, 6) is -4.83. The van der Waals surface area contributed by atoms with Gasteiger partial charge in [0, 0.05) is 51.9 Å². The monoisotopic (exact) mass is 549 g/mol. The molecule has 3 rings (SSSR count). The van der Waals surface area contributed by atoms with Crippen LogP contribution >= 0.6 is 0 Å². The van der Waals surface area contributed by atoms with Gasteiger partial charge in [-0.05, 0) is 12.5 Å². The number of likely N-dealkylation sites (tertiary alicyclic amines) is 1. The normalized spacial score (nSPS) is 20.4. The summed E-state index contributed by atoms with van der Waals surface area (Å²) in [7, 11) is 3.42. The molecule has 1 aromatic rings. The lowest BCUT2D eigenvalue weighted by atomic mass is 9.98. The third kappa shape index (κ3) is 11.9. The number of pyridine rings is 1. The van der Waals surface area contributed by atoms with Crippen LogP contribution in [-0.4, -0.2) is 115 Å². The Labute approximate surface area is 208 Å². The number of nitrogens with zero attached hydrogens (tertiary/aromatic N) is 3. The van der Waals surface area contributed by atoms with E-state index in [0.717, 1.165) is 58.1 Å². The number of carboxylic acid groups (broad SMARTS) is 2. The Bertz CT molecular complexity index is 833. The van der Waals surface area contributed by atoms with Gasteiger partial charge in [0.25, 0.3) is 0 Å². The second-order valence-corrected chi connectivity index (χ2v) is 7.81. The van der Waals surface area contributed by atoms with E-state index in [9.17, 15) is 26.3 Å². The Hall–Kier alpha value is -2.69.